The van der Waals surface area contributed by atoms with Gasteiger partial charge < -0.3 is 19.1 Å². The van der Waals surface area contributed by atoms with Gasteiger partial charge >= 0.3 is 0 Å². The maximum absolute atomic E-state index is 13.0. The zero-order valence-corrected chi connectivity index (χ0v) is 17.6. The van der Waals surface area contributed by atoms with E-state index >= 15 is 0 Å². The summed E-state index contributed by atoms with van der Waals surface area (Å²) in [5.41, 5.74) is 2.71. The van der Waals surface area contributed by atoms with Gasteiger partial charge in [-0.05, 0) is 73.3 Å². The fraction of sp³-hybridized carbons (Fsp3) is 0.458. The highest BCUT2D eigenvalue weighted by Crippen LogP contribution is 2.47. The smallest absolute Gasteiger partial charge is 0.162 e. The number of benzene rings is 2. The normalized spacial score (nSPS) is 17.7. The number of hydrogen-bond acceptors (Lipinski definition) is 5. The van der Waals surface area contributed by atoms with E-state index in [1.807, 2.05) is 6.07 Å². The Hall–Kier alpha value is -2.44. The van der Waals surface area contributed by atoms with Crippen molar-refractivity contribution in [2.24, 2.45) is 0 Å². The van der Waals surface area contributed by atoms with Gasteiger partial charge in [0.25, 0.3) is 0 Å². The summed E-state index contributed by atoms with van der Waals surface area (Å²) in [4.78, 5) is 14.7. The molecule has 1 saturated heterocycles. The molecule has 0 radical (unpaired) electrons. The third-order valence-electron chi connectivity index (χ3n) is 6.31. The van der Waals surface area contributed by atoms with Crippen molar-refractivity contribution in [3.8, 4) is 11.5 Å². The molecule has 2 heterocycles. The summed E-state index contributed by atoms with van der Waals surface area (Å²) < 4.78 is 30.2. The van der Waals surface area contributed by atoms with E-state index in [0.29, 0.717) is 18.6 Å². The average molecular weight is 413 g/mol. The summed E-state index contributed by atoms with van der Waals surface area (Å²) in [6, 6.07) is 9.87. The quantitative estimate of drug-likeness (QED) is 0.633. The molecular weight excluding hydrogens is 385 g/mol. The van der Waals surface area contributed by atoms with Crippen molar-refractivity contribution in [3.63, 3.8) is 0 Å². The van der Waals surface area contributed by atoms with Crippen LogP contribution in [0.5, 0.6) is 11.5 Å². The Morgan fingerprint density at radius 2 is 1.77 bits per heavy atom. The molecule has 0 bridgehead atoms. The highest BCUT2D eigenvalue weighted by Gasteiger charge is 2.43. The van der Waals surface area contributed by atoms with Crippen molar-refractivity contribution in [3.05, 3.63) is 58.9 Å². The first-order valence-corrected chi connectivity index (χ1v) is 10.4. The number of nitrogens with zero attached hydrogens (tertiary/aromatic N) is 1. The number of carbonyl (C=O) groups excluding carboxylic acids is 1. The van der Waals surface area contributed by atoms with E-state index in [0.717, 1.165) is 50.4 Å². The number of ketones is 1. The number of methoxy groups -OCH3 is 2. The van der Waals surface area contributed by atoms with E-state index in [4.69, 9.17) is 14.2 Å². The van der Waals surface area contributed by atoms with Gasteiger partial charge in [0.05, 0.1) is 26.4 Å². The standard InChI is InChI=1S/C24H28FNO4/c1-28-22-14-18-16-30-24(20(18)15-23(22)29-2)9-12-26(13-10-24)11-3-4-21(27)17-5-7-19(25)8-6-17/h5-8,14-15H,3-4,9-13,16H2,1-2H3. The van der Waals surface area contributed by atoms with Crippen molar-refractivity contribution in [2.45, 2.75) is 37.9 Å². The van der Waals surface area contributed by atoms with Crippen molar-refractivity contribution >= 4 is 5.78 Å². The number of rotatable bonds is 7. The maximum atomic E-state index is 13.0. The monoisotopic (exact) mass is 413 g/mol. The highest BCUT2D eigenvalue weighted by molar-refractivity contribution is 5.95. The van der Waals surface area contributed by atoms with Gasteiger partial charge in [0.15, 0.2) is 17.3 Å². The fourth-order valence-corrected chi connectivity index (χ4v) is 4.55. The molecule has 1 spiro atoms. The number of Topliss-reactive ketones (excluding diaryl/α,β-unsaturated/α-hetero) is 1. The van der Waals surface area contributed by atoms with E-state index in [-0.39, 0.29) is 17.2 Å². The summed E-state index contributed by atoms with van der Waals surface area (Å²) >= 11 is 0. The first kappa shape index (κ1) is 20.8. The second-order valence-electron chi connectivity index (χ2n) is 8.02. The van der Waals surface area contributed by atoms with Crippen molar-refractivity contribution in [1.82, 2.24) is 4.90 Å². The Morgan fingerprint density at radius 3 is 2.43 bits per heavy atom. The highest BCUT2D eigenvalue weighted by atomic mass is 19.1. The van der Waals surface area contributed by atoms with Crippen LogP contribution in [0, 0.1) is 5.82 Å². The lowest BCUT2D eigenvalue weighted by molar-refractivity contribution is -0.0788. The molecule has 0 unspecified atom stereocenters. The minimum absolute atomic E-state index is 0.0672. The summed E-state index contributed by atoms with van der Waals surface area (Å²) in [6.45, 7) is 3.33. The van der Waals surface area contributed by atoms with Crippen LogP contribution >= 0.6 is 0 Å². The van der Waals surface area contributed by atoms with Gasteiger partial charge in [-0.1, -0.05) is 0 Å². The van der Waals surface area contributed by atoms with Crippen molar-refractivity contribution in [2.75, 3.05) is 33.9 Å². The summed E-state index contributed by atoms with van der Waals surface area (Å²) in [6.07, 6.45) is 3.11. The van der Waals surface area contributed by atoms with E-state index in [1.165, 1.54) is 23.3 Å². The molecule has 2 aromatic rings. The van der Waals surface area contributed by atoms with E-state index < -0.39 is 0 Å². The lowest BCUT2D eigenvalue weighted by Crippen LogP contribution is -2.42. The Balaban J connectivity index is 1.32. The molecule has 0 amide bonds. The molecule has 0 N–H and O–H groups in total. The van der Waals surface area contributed by atoms with Crippen molar-refractivity contribution < 1.29 is 23.4 Å². The van der Waals surface area contributed by atoms with Crippen LogP contribution in [-0.2, 0) is 16.9 Å². The van der Waals surface area contributed by atoms with Gasteiger partial charge in [-0.15, -0.1) is 0 Å². The van der Waals surface area contributed by atoms with Crippen LogP contribution in [-0.4, -0.2) is 44.5 Å². The van der Waals surface area contributed by atoms with E-state index in [2.05, 4.69) is 11.0 Å². The second kappa shape index (κ2) is 8.74. The molecule has 0 saturated carbocycles. The van der Waals surface area contributed by atoms with Crippen LogP contribution in [0.2, 0.25) is 0 Å². The molecule has 160 valence electrons. The van der Waals surface area contributed by atoms with E-state index in [1.54, 1.807) is 26.4 Å². The predicted molar refractivity (Wildman–Crippen MR) is 112 cm³/mol. The third-order valence-corrected chi connectivity index (χ3v) is 6.31. The molecule has 0 aromatic heterocycles. The Morgan fingerprint density at radius 1 is 1.10 bits per heavy atom. The maximum Gasteiger partial charge on any atom is 0.162 e. The van der Waals surface area contributed by atoms with Gasteiger partial charge in [-0.2, -0.15) is 0 Å². The SMILES string of the molecule is COc1cc2c(cc1OC)C1(CCN(CCCC(=O)c3ccc(F)cc3)CC1)OC2. The predicted octanol–water partition coefficient (Wildman–Crippen LogP) is 4.33. The summed E-state index contributed by atoms with van der Waals surface area (Å²) in [5, 5.41) is 0. The second-order valence-corrected chi connectivity index (χ2v) is 8.02. The van der Waals surface area contributed by atoms with Gasteiger partial charge in [-0.25, -0.2) is 4.39 Å². The van der Waals surface area contributed by atoms with Crippen LogP contribution in [0.25, 0.3) is 0 Å². The van der Waals surface area contributed by atoms with Crippen LogP contribution in [0.15, 0.2) is 36.4 Å². The molecule has 0 aliphatic carbocycles. The van der Waals surface area contributed by atoms with E-state index in [9.17, 15) is 9.18 Å². The molecule has 2 aromatic carbocycles. The number of ether oxygens (including phenoxy) is 3. The number of piperidine rings is 1. The Bertz CT molecular complexity index is 904. The Kier molecular flexibility index (Phi) is 6.06. The summed E-state index contributed by atoms with van der Waals surface area (Å²) in [7, 11) is 3.30. The molecule has 1 fully saturated rings. The fourth-order valence-electron chi connectivity index (χ4n) is 4.55. The first-order chi connectivity index (χ1) is 14.5. The lowest BCUT2D eigenvalue weighted by atomic mass is 9.83. The van der Waals surface area contributed by atoms with Crippen molar-refractivity contribution in [1.29, 1.82) is 0 Å². The number of hydrogen-bond donors (Lipinski definition) is 0. The molecular formula is C24H28FNO4. The topological polar surface area (TPSA) is 48.0 Å². The minimum atomic E-state index is -0.319. The minimum Gasteiger partial charge on any atom is -0.493 e. The zero-order chi connectivity index (χ0) is 21.1. The molecule has 6 heteroatoms. The number of carbonyl (C=O) groups is 1. The summed E-state index contributed by atoms with van der Waals surface area (Å²) in [5.74, 6) is 1.22. The molecule has 2 aliphatic heterocycles. The lowest BCUT2D eigenvalue weighted by Gasteiger charge is -2.39. The third kappa shape index (κ3) is 4.07. The van der Waals surface area contributed by atoms with Crippen LogP contribution < -0.4 is 9.47 Å². The van der Waals surface area contributed by atoms with Gasteiger partial charge in [-0.3, -0.25) is 4.79 Å². The first-order valence-electron chi connectivity index (χ1n) is 10.4. The average Bonchev–Trinajstić information content (AvgIpc) is 3.11. The Labute approximate surface area is 176 Å². The molecule has 2 aliphatic rings. The van der Waals surface area contributed by atoms with Crippen LogP contribution in [0.1, 0.15) is 47.2 Å². The molecule has 5 nitrogen and oxygen atoms in total. The van der Waals surface area contributed by atoms with Gasteiger partial charge in [0.2, 0.25) is 0 Å². The number of fused-ring (bicyclic) bond motifs is 2. The largest absolute Gasteiger partial charge is 0.493 e. The van der Waals surface area contributed by atoms with Crippen LogP contribution in [0.4, 0.5) is 4.39 Å². The number of halogens is 1. The molecule has 0 atom stereocenters. The van der Waals surface area contributed by atoms with Crippen LogP contribution in [0.3, 0.4) is 0 Å². The molecule has 30 heavy (non-hydrogen) atoms. The zero-order valence-electron chi connectivity index (χ0n) is 17.6. The van der Waals surface area contributed by atoms with Gasteiger partial charge in [0.1, 0.15) is 5.82 Å². The van der Waals surface area contributed by atoms with Gasteiger partial charge in [0, 0.05) is 25.1 Å². The number of likely N-dealkylation sites (tertiary alicyclic amines) is 1. The molecule has 4 rings (SSSR count).